The van der Waals surface area contributed by atoms with Crippen molar-refractivity contribution in [1.29, 1.82) is 0 Å². The molecule has 10 heteroatoms. The van der Waals surface area contributed by atoms with Crippen LogP contribution in [-0.4, -0.2) is 68.0 Å². The van der Waals surface area contributed by atoms with Crippen molar-refractivity contribution in [2.75, 3.05) is 0 Å². The van der Waals surface area contributed by atoms with E-state index in [2.05, 4.69) is 15.6 Å². The number of fused-ring (bicyclic) bond motifs is 7. The second-order valence-corrected chi connectivity index (χ2v) is 10.7. The van der Waals surface area contributed by atoms with Crippen molar-refractivity contribution in [3.63, 3.8) is 0 Å². The number of aromatic nitrogens is 1. The first-order valence-electron chi connectivity index (χ1n) is 13.1. The van der Waals surface area contributed by atoms with Crippen LogP contribution in [0.15, 0.2) is 48.5 Å². The molecule has 3 aromatic rings. The van der Waals surface area contributed by atoms with Crippen molar-refractivity contribution in [3.05, 3.63) is 70.9 Å². The van der Waals surface area contributed by atoms with Gasteiger partial charge in [-0.3, -0.25) is 14.4 Å². The molecule has 0 bridgehead atoms. The molecule has 0 saturated carbocycles. The molecule has 0 radical (unpaired) electrons. The number of hydrogen-bond acceptors (Lipinski definition) is 5. The third-order valence-electron chi connectivity index (χ3n) is 7.54. The summed E-state index contributed by atoms with van der Waals surface area (Å²) in [5.41, 5.74) is 4.07. The maximum absolute atomic E-state index is 13.9. The van der Waals surface area contributed by atoms with E-state index in [1.165, 1.54) is 6.92 Å². The van der Waals surface area contributed by atoms with Gasteiger partial charge in [0.05, 0.1) is 12.1 Å². The summed E-state index contributed by atoms with van der Waals surface area (Å²) in [5.74, 6) is -2.85. The zero-order chi connectivity index (χ0) is 28.0. The van der Waals surface area contributed by atoms with E-state index in [-0.39, 0.29) is 24.7 Å². The normalized spacial score (nSPS) is 20.1. The summed E-state index contributed by atoms with van der Waals surface area (Å²) in [7, 11) is 0. The quantitative estimate of drug-likeness (QED) is 0.300. The molecular weight excluding hydrogens is 500 g/mol. The first-order valence-corrected chi connectivity index (χ1v) is 13.1. The van der Waals surface area contributed by atoms with Gasteiger partial charge in [0.15, 0.2) is 6.04 Å². The molecule has 204 valence electrons. The molecule has 39 heavy (non-hydrogen) atoms. The molecule has 0 saturated heterocycles. The highest BCUT2D eigenvalue weighted by atomic mass is 16.4. The number of aromatic amines is 1. The lowest BCUT2D eigenvalue weighted by Gasteiger charge is -2.38. The highest BCUT2D eigenvalue weighted by Gasteiger charge is 2.49. The van der Waals surface area contributed by atoms with Gasteiger partial charge >= 0.3 is 5.97 Å². The van der Waals surface area contributed by atoms with Crippen molar-refractivity contribution in [2.45, 2.75) is 63.9 Å². The van der Waals surface area contributed by atoms with Crippen LogP contribution in [0.1, 0.15) is 60.4 Å². The van der Waals surface area contributed by atoms with Gasteiger partial charge in [0.2, 0.25) is 11.8 Å². The SMILES string of the molecule is CC(C)C[C@H](NC(=O)[C@@H]1Cc2c([nH]c3ccccc23)[C@@H]2c3ccccc3C(=O)N21)C(=O)N[C@H](C(=O)O)[C@H](C)O. The van der Waals surface area contributed by atoms with Gasteiger partial charge in [-0.1, -0.05) is 50.2 Å². The Kier molecular flexibility index (Phi) is 6.90. The molecule has 5 N–H and O–H groups in total. The smallest absolute Gasteiger partial charge is 0.328 e. The van der Waals surface area contributed by atoms with E-state index in [1.54, 1.807) is 17.0 Å². The van der Waals surface area contributed by atoms with E-state index < -0.39 is 48.1 Å². The molecule has 0 spiro atoms. The van der Waals surface area contributed by atoms with Crippen LogP contribution in [0.5, 0.6) is 0 Å². The second-order valence-electron chi connectivity index (χ2n) is 10.7. The number of aliphatic hydroxyl groups excluding tert-OH is 1. The highest BCUT2D eigenvalue weighted by Crippen LogP contribution is 2.46. The largest absolute Gasteiger partial charge is 0.480 e. The average Bonchev–Trinajstić information content (AvgIpc) is 3.41. The monoisotopic (exact) mass is 532 g/mol. The lowest BCUT2D eigenvalue weighted by atomic mass is 9.89. The van der Waals surface area contributed by atoms with Gasteiger partial charge in [-0.2, -0.15) is 0 Å². The molecule has 2 aliphatic heterocycles. The number of carbonyl (C=O) groups is 4. The number of carboxylic acids is 1. The molecule has 2 aromatic carbocycles. The Balaban J connectivity index is 1.50. The van der Waals surface area contributed by atoms with E-state index >= 15 is 0 Å². The van der Waals surface area contributed by atoms with Gasteiger partial charge in [-0.15, -0.1) is 0 Å². The number of H-pyrrole nitrogens is 1. The molecule has 0 fully saturated rings. The number of benzene rings is 2. The van der Waals surface area contributed by atoms with Crippen LogP contribution in [-0.2, 0) is 20.8 Å². The first-order chi connectivity index (χ1) is 18.6. The fourth-order valence-electron chi connectivity index (χ4n) is 5.75. The molecule has 10 nitrogen and oxygen atoms in total. The molecule has 5 atom stereocenters. The van der Waals surface area contributed by atoms with Crippen molar-refractivity contribution < 1.29 is 29.4 Å². The Bertz CT molecular complexity index is 1460. The molecule has 1 aromatic heterocycles. The number of carboxylic acid groups (broad SMARTS) is 1. The Hall–Kier alpha value is -4.18. The summed E-state index contributed by atoms with van der Waals surface area (Å²) in [5, 5.41) is 25.4. The van der Waals surface area contributed by atoms with Crippen LogP contribution in [0.2, 0.25) is 0 Å². The predicted molar refractivity (Wildman–Crippen MR) is 143 cm³/mol. The van der Waals surface area contributed by atoms with Crippen LogP contribution < -0.4 is 10.6 Å². The van der Waals surface area contributed by atoms with Gasteiger partial charge in [0, 0.05) is 28.6 Å². The number of aliphatic carboxylic acids is 1. The summed E-state index contributed by atoms with van der Waals surface area (Å²) >= 11 is 0. The molecule has 5 rings (SSSR count). The number of amides is 3. The lowest BCUT2D eigenvalue weighted by molar-refractivity contribution is -0.145. The van der Waals surface area contributed by atoms with Crippen molar-refractivity contribution in [2.24, 2.45) is 5.92 Å². The molecule has 0 aliphatic carbocycles. The van der Waals surface area contributed by atoms with Gasteiger partial charge in [-0.25, -0.2) is 4.79 Å². The molecule has 0 unspecified atom stereocenters. The Morgan fingerprint density at radius 3 is 2.44 bits per heavy atom. The predicted octanol–water partition coefficient (Wildman–Crippen LogP) is 2.12. The molecule has 3 heterocycles. The van der Waals surface area contributed by atoms with Crippen LogP contribution in [0, 0.1) is 5.92 Å². The van der Waals surface area contributed by atoms with Crippen molar-refractivity contribution in [3.8, 4) is 0 Å². The number of nitrogens with one attached hydrogen (secondary N) is 3. The maximum atomic E-state index is 13.9. The third kappa shape index (κ3) is 4.65. The van der Waals surface area contributed by atoms with E-state index in [0.29, 0.717) is 5.56 Å². The number of rotatable bonds is 8. The van der Waals surface area contributed by atoms with Gasteiger partial charge in [-0.05, 0) is 42.5 Å². The summed E-state index contributed by atoms with van der Waals surface area (Å²) in [6.07, 6.45) is -0.836. The standard InChI is InChI=1S/C29H32N4O6/c1-14(2)12-21(26(35)32-23(15(3)34)29(38)39)31-27(36)22-13-19-16-8-6-7-11-20(16)30-24(19)25-17-9-4-5-10-18(17)28(37)33(22)25/h4-11,14-15,21-23,25,30,34H,12-13H2,1-3H3,(H,31,36)(H,32,35)(H,38,39)/t15-,21-,22-,23-,25-/m0/s1. The lowest BCUT2D eigenvalue weighted by Crippen LogP contribution is -2.59. The van der Waals surface area contributed by atoms with Crippen LogP contribution in [0.25, 0.3) is 10.9 Å². The topological polar surface area (TPSA) is 152 Å². The van der Waals surface area contributed by atoms with E-state index in [4.69, 9.17) is 0 Å². The fourth-order valence-corrected chi connectivity index (χ4v) is 5.75. The van der Waals surface area contributed by atoms with Gasteiger partial charge in [0.1, 0.15) is 12.1 Å². The molecule has 2 aliphatic rings. The molecular formula is C29H32N4O6. The zero-order valence-electron chi connectivity index (χ0n) is 22.0. The average molecular weight is 533 g/mol. The van der Waals surface area contributed by atoms with E-state index in [0.717, 1.165) is 27.7 Å². The summed E-state index contributed by atoms with van der Waals surface area (Å²) in [4.78, 5) is 57.2. The Morgan fingerprint density at radius 2 is 1.74 bits per heavy atom. The highest BCUT2D eigenvalue weighted by molar-refractivity contribution is 6.04. The number of carbonyl (C=O) groups excluding carboxylic acids is 3. The van der Waals surface area contributed by atoms with Gasteiger partial charge < -0.3 is 30.7 Å². The number of nitrogens with zero attached hydrogens (tertiary/aromatic N) is 1. The third-order valence-corrected chi connectivity index (χ3v) is 7.54. The number of aliphatic hydroxyl groups is 1. The van der Waals surface area contributed by atoms with Crippen LogP contribution in [0.3, 0.4) is 0 Å². The minimum Gasteiger partial charge on any atom is -0.480 e. The first kappa shape index (κ1) is 26.4. The zero-order valence-corrected chi connectivity index (χ0v) is 22.0. The Morgan fingerprint density at radius 1 is 1.05 bits per heavy atom. The summed E-state index contributed by atoms with van der Waals surface area (Å²) in [6.45, 7) is 5.03. The summed E-state index contributed by atoms with van der Waals surface area (Å²) < 4.78 is 0. The van der Waals surface area contributed by atoms with Crippen molar-refractivity contribution >= 4 is 34.6 Å². The Labute approximate surface area is 225 Å². The minimum absolute atomic E-state index is 0.00660. The molecule has 3 amide bonds. The van der Waals surface area contributed by atoms with Crippen molar-refractivity contribution in [1.82, 2.24) is 20.5 Å². The number of hydrogen-bond donors (Lipinski definition) is 5. The van der Waals surface area contributed by atoms with Crippen LogP contribution >= 0.6 is 0 Å². The number of para-hydroxylation sites is 1. The maximum Gasteiger partial charge on any atom is 0.328 e. The summed E-state index contributed by atoms with van der Waals surface area (Å²) in [6, 6.07) is 11.1. The fraction of sp³-hybridized carbons (Fsp3) is 0.379. The van der Waals surface area contributed by atoms with E-state index in [1.807, 2.05) is 50.2 Å². The van der Waals surface area contributed by atoms with Crippen LogP contribution in [0.4, 0.5) is 0 Å². The minimum atomic E-state index is -1.52. The second kappa shape index (κ2) is 10.2. The van der Waals surface area contributed by atoms with Gasteiger partial charge in [0.25, 0.3) is 5.91 Å². The van der Waals surface area contributed by atoms with E-state index in [9.17, 15) is 29.4 Å².